The van der Waals surface area contributed by atoms with Gasteiger partial charge in [0.15, 0.2) is 5.78 Å². The van der Waals surface area contributed by atoms with E-state index >= 15 is 0 Å². The van der Waals surface area contributed by atoms with E-state index in [1.165, 1.54) is 25.1 Å². The molecule has 1 aromatic carbocycles. The fraction of sp³-hybridized carbons (Fsp3) is 0.182. The van der Waals surface area contributed by atoms with Crippen LogP contribution in [0, 0.1) is 0 Å². The highest BCUT2D eigenvalue weighted by molar-refractivity contribution is 6.05. The summed E-state index contributed by atoms with van der Waals surface area (Å²) in [5, 5.41) is 17.4. The summed E-state index contributed by atoms with van der Waals surface area (Å²) in [5.74, 6) is -2.63. The minimum Gasteiger partial charge on any atom is -0.481 e. The zero-order chi connectivity index (χ0) is 12.3. The third-order valence-corrected chi connectivity index (χ3v) is 2.05. The summed E-state index contributed by atoms with van der Waals surface area (Å²) in [5.41, 5.74) is 0.329. The first-order valence-electron chi connectivity index (χ1n) is 4.50. The van der Waals surface area contributed by atoms with E-state index < -0.39 is 17.7 Å². The molecule has 0 atom stereocenters. The number of aromatic carboxylic acids is 1. The van der Waals surface area contributed by atoms with Crippen molar-refractivity contribution in [3.8, 4) is 0 Å². The lowest BCUT2D eigenvalue weighted by molar-refractivity contribution is -0.136. The van der Waals surface area contributed by atoms with Gasteiger partial charge in [-0.25, -0.2) is 4.79 Å². The maximum atomic E-state index is 11.2. The van der Waals surface area contributed by atoms with E-state index in [0.29, 0.717) is 5.56 Å². The van der Waals surface area contributed by atoms with Gasteiger partial charge in [0.05, 0.1) is 12.0 Å². The van der Waals surface area contributed by atoms with Crippen molar-refractivity contribution >= 4 is 17.7 Å². The lowest BCUT2D eigenvalue weighted by Crippen LogP contribution is -2.08. The van der Waals surface area contributed by atoms with Crippen LogP contribution in [0.3, 0.4) is 0 Å². The Morgan fingerprint density at radius 3 is 2.19 bits per heavy atom. The van der Waals surface area contributed by atoms with Crippen LogP contribution in [-0.4, -0.2) is 27.9 Å². The van der Waals surface area contributed by atoms with Crippen LogP contribution in [0.2, 0.25) is 0 Å². The van der Waals surface area contributed by atoms with Gasteiger partial charge >= 0.3 is 11.9 Å². The van der Waals surface area contributed by atoms with Crippen LogP contribution in [0.5, 0.6) is 0 Å². The van der Waals surface area contributed by atoms with Gasteiger partial charge in [0.25, 0.3) is 0 Å². The second kappa shape index (κ2) is 4.57. The molecule has 0 spiro atoms. The van der Waals surface area contributed by atoms with Crippen LogP contribution < -0.4 is 0 Å². The average Bonchev–Trinajstić information content (AvgIpc) is 2.16. The van der Waals surface area contributed by atoms with Crippen LogP contribution in [0.1, 0.15) is 33.2 Å². The number of ketones is 1. The van der Waals surface area contributed by atoms with Gasteiger partial charge in [-0.3, -0.25) is 9.59 Å². The number of carboxylic acids is 2. The fourth-order valence-electron chi connectivity index (χ4n) is 1.35. The number of aliphatic carboxylic acids is 1. The van der Waals surface area contributed by atoms with E-state index in [4.69, 9.17) is 10.2 Å². The number of carbonyl (C=O) groups excluding carboxylic acids is 1. The summed E-state index contributed by atoms with van der Waals surface area (Å²) in [6.07, 6.45) is -0.236. The molecule has 5 nitrogen and oxygen atoms in total. The molecule has 0 aliphatic carbocycles. The van der Waals surface area contributed by atoms with Gasteiger partial charge < -0.3 is 10.2 Å². The molecule has 0 aromatic heterocycles. The Morgan fingerprint density at radius 2 is 1.75 bits per heavy atom. The van der Waals surface area contributed by atoms with Crippen molar-refractivity contribution in [2.24, 2.45) is 0 Å². The minimum atomic E-state index is -1.20. The third-order valence-electron chi connectivity index (χ3n) is 2.05. The van der Waals surface area contributed by atoms with E-state index in [0.717, 1.165) is 0 Å². The maximum absolute atomic E-state index is 11.2. The number of benzene rings is 1. The molecule has 1 aromatic rings. The molecule has 0 saturated carbocycles. The zero-order valence-corrected chi connectivity index (χ0v) is 8.56. The van der Waals surface area contributed by atoms with Crippen molar-refractivity contribution in [2.45, 2.75) is 13.3 Å². The Kier molecular flexibility index (Phi) is 3.40. The van der Waals surface area contributed by atoms with Crippen LogP contribution in [-0.2, 0) is 11.2 Å². The summed E-state index contributed by atoms with van der Waals surface area (Å²) in [6.45, 7) is 1.24. The highest BCUT2D eigenvalue weighted by Gasteiger charge is 2.14. The Bertz CT molecular complexity index is 461. The van der Waals surface area contributed by atoms with Crippen LogP contribution in [0.4, 0.5) is 0 Å². The van der Waals surface area contributed by atoms with Crippen molar-refractivity contribution in [2.75, 3.05) is 0 Å². The van der Waals surface area contributed by atoms with Gasteiger partial charge in [0.1, 0.15) is 0 Å². The first kappa shape index (κ1) is 11.9. The molecular weight excluding hydrogens is 212 g/mol. The van der Waals surface area contributed by atoms with Gasteiger partial charge in [-0.1, -0.05) is 6.07 Å². The molecule has 84 valence electrons. The largest absolute Gasteiger partial charge is 0.481 e. The third kappa shape index (κ3) is 2.66. The number of carboxylic acid groups (broad SMARTS) is 2. The molecule has 0 aliphatic rings. The van der Waals surface area contributed by atoms with Crippen LogP contribution >= 0.6 is 0 Å². The predicted molar refractivity (Wildman–Crippen MR) is 54.7 cm³/mol. The second-order valence-electron chi connectivity index (χ2n) is 3.31. The van der Waals surface area contributed by atoms with Crippen molar-refractivity contribution in [1.29, 1.82) is 0 Å². The number of hydrogen-bond acceptors (Lipinski definition) is 3. The Morgan fingerprint density at radius 1 is 1.12 bits per heavy atom. The van der Waals surface area contributed by atoms with Crippen molar-refractivity contribution < 1.29 is 24.6 Å². The smallest absolute Gasteiger partial charge is 0.336 e. The SMILES string of the molecule is CC(=O)c1cc(CC(=O)O)ccc1C(=O)O. The number of hydrogen-bond donors (Lipinski definition) is 2. The number of carbonyl (C=O) groups is 3. The number of rotatable bonds is 4. The average molecular weight is 222 g/mol. The Labute approximate surface area is 91.3 Å². The fourth-order valence-corrected chi connectivity index (χ4v) is 1.35. The lowest BCUT2D eigenvalue weighted by Gasteiger charge is -2.04. The molecule has 0 heterocycles. The highest BCUT2D eigenvalue weighted by atomic mass is 16.4. The molecule has 0 saturated heterocycles. The van der Waals surface area contributed by atoms with Crippen molar-refractivity contribution in [1.82, 2.24) is 0 Å². The van der Waals surface area contributed by atoms with E-state index in [1.54, 1.807) is 0 Å². The highest BCUT2D eigenvalue weighted by Crippen LogP contribution is 2.13. The molecule has 0 radical (unpaired) electrons. The molecule has 5 heteroatoms. The molecule has 2 N–H and O–H groups in total. The van der Waals surface area contributed by atoms with Crippen LogP contribution in [0.15, 0.2) is 18.2 Å². The molecule has 0 aliphatic heterocycles. The molecule has 0 amide bonds. The standard InChI is InChI=1S/C11H10O5/c1-6(12)9-4-7(5-10(13)14)2-3-8(9)11(15)16/h2-4H,5H2,1H3,(H,13,14)(H,15,16). The maximum Gasteiger partial charge on any atom is 0.336 e. The Balaban J connectivity index is 3.22. The second-order valence-corrected chi connectivity index (χ2v) is 3.31. The zero-order valence-electron chi connectivity index (χ0n) is 8.56. The summed E-state index contributed by atoms with van der Waals surface area (Å²) < 4.78 is 0. The van der Waals surface area contributed by atoms with Gasteiger partial charge in [-0.2, -0.15) is 0 Å². The summed E-state index contributed by atoms with van der Waals surface area (Å²) in [6, 6.07) is 3.95. The van der Waals surface area contributed by atoms with E-state index in [2.05, 4.69) is 0 Å². The van der Waals surface area contributed by atoms with Gasteiger partial charge in [0, 0.05) is 5.56 Å². The van der Waals surface area contributed by atoms with Gasteiger partial charge in [0.2, 0.25) is 0 Å². The molecule has 0 fully saturated rings. The Hall–Kier alpha value is -2.17. The quantitative estimate of drug-likeness (QED) is 0.747. The van der Waals surface area contributed by atoms with Crippen molar-refractivity contribution in [3.63, 3.8) is 0 Å². The first-order chi connectivity index (χ1) is 7.41. The van der Waals surface area contributed by atoms with Crippen molar-refractivity contribution in [3.05, 3.63) is 34.9 Å². The molecule has 1 rings (SSSR count). The monoisotopic (exact) mass is 222 g/mol. The minimum absolute atomic E-state index is 0.0336. The number of Topliss-reactive ketones (excluding diaryl/α,β-unsaturated/α-hetero) is 1. The lowest BCUT2D eigenvalue weighted by atomic mass is 10.00. The summed E-state index contributed by atoms with van der Waals surface area (Å²) >= 11 is 0. The first-order valence-corrected chi connectivity index (χ1v) is 4.50. The molecule has 0 bridgehead atoms. The summed E-state index contributed by atoms with van der Waals surface area (Å²) in [7, 11) is 0. The van der Waals surface area contributed by atoms with E-state index in [9.17, 15) is 14.4 Å². The summed E-state index contributed by atoms with van der Waals surface area (Å²) in [4.78, 5) is 32.5. The topological polar surface area (TPSA) is 91.7 Å². The molecule has 16 heavy (non-hydrogen) atoms. The van der Waals surface area contributed by atoms with E-state index in [1.807, 2.05) is 0 Å². The van der Waals surface area contributed by atoms with Gasteiger partial charge in [-0.05, 0) is 24.6 Å². The predicted octanol–water partition coefficient (Wildman–Crippen LogP) is 1.21. The molecule has 0 unspecified atom stereocenters. The molecular formula is C11H10O5. The normalized spacial score (nSPS) is 9.81. The van der Waals surface area contributed by atoms with E-state index in [-0.39, 0.29) is 17.5 Å². The van der Waals surface area contributed by atoms with Gasteiger partial charge in [-0.15, -0.1) is 0 Å². The van der Waals surface area contributed by atoms with Crippen LogP contribution in [0.25, 0.3) is 0 Å².